The Kier molecular flexibility index (Phi) is 2.86. The fourth-order valence-electron chi connectivity index (χ4n) is 2.11. The minimum absolute atomic E-state index is 0.0628. The zero-order valence-electron chi connectivity index (χ0n) is 10.7. The number of imidazole rings is 1. The molecule has 0 spiro atoms. The van der Waals surface area contributed by atoms with Crippen LogP contribution in [0.4, 0.5) is 11.6 Å². The molecule has 7 nitrogen and oxygen atoms in total. The van der Waals surface area contributed by atoms with Gasteiger partial charge in [-0.15, -0.1) is 0 Å². The van der Waals surface area contributed by atoms with Crippen molar-refractivity contribution < 1.29 is 0 Å². The van der Waals surface area contributed by atoms with E-state index in [0.717, 1.165) is 17.7 Å². The van der Waals surface area contributed by atoms with E-state index in [4.69, 9.17) is 11.5 Å². The van der Waals surface area contributed by atoms with E-state index in [0.29, 0.717) is 23.4 Å². The van der Waals surface area contributed by atoms with Crippen LogP contribution < -0.4 is 17.0 Å². The first kappa shape index (κ1) is 12.2. The van der Waals surface area contributed by atoms with Crippen molar-refractivity contribution in [3.8, 4) is 0 Å². The number of hydrogen-bond acceptors (Lipinski definition) is 5. The Balaban J connectivity index is 1.87. The second-order valence-electron chi connectivity index (χ2n) is 4.53. The van der Waals surface area contributed by atoms with Gasteiger partial charge in [0.15, 0.2) is 11.2 Å². The first-order chi connectivity index (χ1) is 9.63. The highest BCUT2D eigenvalue weighted by Gasteiger charge is 2.09. The van der Waals surface area contributed by atoms with Crippen LogP contribution in [0.3, 0.4) is 0 Å². The van der Waals surface area contributed by atoms with Gasteiger partial charge in [0.2, 0.25) is 5.95 Å². The molecular weight excluding hydrogens is 256 g/mol. The molecule has 2 aromatic heterocycles. The van der Waals surface area contributed by atoms with Crippen LogP contribution in [0.5, 0.6) is 0 Å². The van der Waals surface area contributed by atoms with Gasteiger partial charge >= 0.3 is 0 Å². The number of anilines is 2. The highest BCUT2D eigenvalue weighted by atomic mass is 16.1. The van der Waals surface area contributed by atoms with Crippen LogP contribution in [0.15, 0.2) is 29.1 Å². The normalized spacial score (nSPS) is 11.0. The minimum atomic E-state index is -0.314. The number of para-hydroxylation sites is 1. The van der Waals surface area contributed by atoms with Gasteiger partial charge in [-0.2, -0.15) is 4.98 Å². The number of aromatic amines is 2. The van der Waals surface area contributed by atoms with Crippen LogP contribution in [-0.4, -0.2) is 19.9 Å². The van der Waals surface area contributed by atoms with E-state index >= 15 is 0 Å². The number of hydrogen-bond donors (Lipinski definition) is 4. The number of aromatic nitrogens is 4. The first-order valence-corrected chi connectivity index (χ1v) is 6.21. The minimum Gasteiger partial charge on any atom is -0.399 e. The topological polar surface area (TPSA) is 126 Å². The second-order valence-corrected chi connectivity index (χ2v) is 4.53. The Morgan fingerprint density at radius 2 is 1.85 bits per heavy atom. The second kappa shape index (κ2) is 4.69. The highest BCUT2D eigenvalue weighted by molar-refractivity contribution is 5.70. The number of rotatable bonds is 3. The molecule has 0 aliphatic rings. The summed E-state index contributed by atoms with van der Waals surface area (Å²) in [4.78, 5) is 25.3. The lowest BCUT2D eigenvalue weighted by atomic mass is 10.1. The first-order valence-electron chi connectivity index (χ1n) is 6.21. The Morgan fingerprint density at radius 3 is 2.65 bits per heavy atom. The number of H-pyrrole nitrogens is 2. The van der Waals surface area contributed by atoms with Crippen molar-refractivity contribution in [2.45, 2.75) is 12.8 Å². The zero-order valence-corrected chi connectivity index (χ0v) is 10.7. The van der Waals surface area contributed by atoms with Gasteiger partial charge in [0.05, 0.1) is 0 Å². The van der Waals surface area contributed by atoms with Crippen molar-refractivity contribution in [2.75, 3.05) is 11.5 Å². The van der Waals surface area contributed by atoms with Gasteiger partial charge in [-0.25, -0.2) is 4.98 Å². The summed E-state index contributed by atoms with van der Waals surface area (Å²) >= 11 is 0. The van der Waals surface area contributed by atoms with Crippen LogP contribution >= 0.6 is 0 Å². The van der Waals surface area contributed by atoms with Crippen LogP contribution in [-0.2, 0) is 12.8 Å². The number of nitrogens with zero attached hydrogens (tertiary/aromatic N) is 2. The predicted molar refractivity (Wildman–Crippen MR) is 77.2 cm³/mol. The fraction of sp³-hybridized carbons (Fsp3) is 0.154. The lowest BCUT2D eigenvalue weighted by molar-refractivity contribution is 0.890. The van der Waals surface area contributed by atoms with Crippen molar-refractivity contribution in [3.63, 3.8) is 0 Å². The molecule has 0 radical (unpaired) electrons. The third-order valence-electron chi connectivity index (χ3n) is 3.12. The monoisotopic (exact) mass is 270 g/mol. The van der Waals surface area contributed by atoms with Gasteiger partial charge < -0.3 is 16.5 Å². The molecule has 0 saturated heterocycles. The van der Waals surface area contributed by atoms with E-state index in [9.17, 15) is 4.79 Å². The van der Waals surface area contributed by atoms with Crippen molar-refractivity contribution >= 4 is 22.8 Å². The van der Waals surface area contributed by atoms with Crippen LogP contribution in [0.2, 0.25) is 0 Å². The maximum atomic E-state index is 11.7. The summed E-state index contributed by atoms with van der Waals surface area (Å²) in [7, 11) is 0. The standard InChI is InChI=1S/C13H14N6O/c14-8-4-2-1-3-7(8)5-6-9-16-10-11(17-9)18-13(15)19-12(10)20/h1-4H,5-6,14H2,(H4,15,16,17,18,19,20). The Hall–Kier alpha value is -2.83. The summed E-state index contributed by atoms with van der Waals surface area (Å²) in [5.41, 5.74) is 13.5. The molecule has 0 aliphatic carbocycles. The van der Waals surface area contributed by atoms with Gasteiger partial charge in [-0.3, -0.25) is 9.78 Å². The number of aryl methyl sites for hydroxylation is 2. The summed E-state index contributed by atoms with van der Waals surface area (Å²) in [5, 5.41) is 0. The Bertz CT molecular complexity index is 819. The number of nitrogen functional groups attached to an aromatic ring is 2. The number of nitrogens with two attached hydrogens (primary N) is 2. The molecule has 6 N–H and O–H groups in total. The molecule has 0 saturated carbocycles. The van der Waals surface area contributed by atoms with Crippen molar-refractivity contribution in [1.29, 1.82) is 0 Å². The Morgan fingerprint density at radius 1 is 1.05 bits per heavy atom. The van der Waals surface area contributed by atoms with E-state index in [1.54, 1.807) is 0 Å². The molecule has 3 rings (SSSR count). The van der Waals surface area contributed by atoms with E-state index in [-0.39, 0.29) is 11.5 Å². The molecule has 0 aliphatic heterocycles. The van der Waals surface area contributed by atoms with Gasteiger partial charge in [0, 0.05) is 12.1 Å². The van der Waals surface area contributed by atoms with Crippen molar-refractivity contribution in [1.82, 2.24) is 19.9 Å². The smallest absolute Gasteiger partial charge is 0.278 e. The molecular formula is C13H14N6O. The van der Waals surface area contributed by atoms with Gasteiger partial charge in [0.1, 0.15) is 5.82 Å². The average molecular weight is 270 g/mol. The molecule has 7 heteroatoms. The number of fused-ring (bicyclic) bond motifs is 1. The lowest BCUT2D eigenvalue weighted by Crippen LogP contribution is -2.10. The lowest BCUT2D eigenvalue weighted by Gasteiger charge is -2.02. The molecule has 20 heavy (non-hydrogen) atoms. The summed E-state index contributed by atoms with van der Waals surface area (Å²) in [5.74, 6) is 0.750. The molecule has 0 fully saturated rings. The quantitative estimate of drug-likeness (QED) is 0.518. The van der Waals surface area contributed by atoms with Crippen molar-refractivity contribution in [2.24, 2.45) is 0 Å². The largest absolute Gasteiger partial charge is 0.399 e. The Labute approximate surface area is 114 Å². The van der Waals surface area contributed by atoms with Gasteiger partial charge in [-0.1, -0.05) is 18.2 Å². The van der Waals surface area contributed by atoms with E-state index in [2.05, 4.69) is 19.9 Å². The maximum absolute atomic E-state index is 11.7. The van der Waals surface area contributed by atoms with Gasteiger partial charge in [0.25, 0.3) is 5.56 Å². The molecule has 0 amide bonds. The molecule has 0 bridgehead atoms. The number of nitrogens with one attached hydrogen (secondary N) is 2. The molecule has 0 unspecified atom stereocenters. The number of benzene rings is 1. The van der Waals surface area contributed by atoms with E-state index in [1.165, 1.54) is 0 Å². The van der Waals surface area contributed by atoms with Crippen LogP contribution in [0.25, 0.3) is 11.2 Å². The molecule has 2 heterocycles. The maximum Gasteiger partial charge on any atom is 0.278 e. The summed E-state index contributed by atoms with van der Waals surface area (Å²) in [6.07, 6.45) is 1.38. The summed E-state index contributed by atoms with van der Waals surface area (Å²) in [6.45, 7) is 0. The third-order valence-corrected chi connectivity index (χ3v) is 3.12. The average Bonchev–Trinajstić information content (AvgIpc) is 2.81. The SMILES string of the molecule is Nc1nc2nc(CCc3ccccc3N)[nH]c2c(=O)[nH]1. The fourth-order valence-corrected chi connectivity index (χ4v) is 2.11. The molecule has 0 atom stereocenters. The zero-order chi connectivity index (χ0) is 14.1. The van der Waals surface area contributed by atoms with Crippen LogP contribution in [0, 0.1) is 0 Å². The van der Waals surface area contributed by atoms with E-state index < -0.39 is 0 Å². The molecule has 1 aromatic carbocycles. The van der Waals surface area contributed by atoms with Crippen molar-refractivity contribution in [3.05, 3.63) is 46.0 Å². The van der Waals surface area contributed by atoms with E-state index in [1.807, 2.05) is 24.3 Å². The molecule has 102 valence electrons. The van der Waals surface area contributed by atoms with Gasteiger partial charge in [-0.05, 0) is 18.1 Å². The third kappa shape index (κ3) is 2.20. The van der Waals surface area contributed by atoms with Crippen LogP contribution in [0.1, 0.15) is 11.4 Å². The summed E-state index contributed by atoms with van der Waals surface area (Å²) in [6, 6.07) is 7.67. The summed E-state index contributed by atoms with van der Waals surface area (Å²) < 4.78 is 0. The predicted octanol–water partition coefficient (Wildman–Crippen LogP) is 0.596. The highest BCUT2D eigenvalue weighted by Crippen LogP contribution is 2.14. The molecule has 3 aromatic rings.